The van der Waals surface area contributed by atoms with Gasteiger partial charge in [-0.15, -0.1) is 11.3 Å². The highest BCUT2D eigenvalue weighted by molar-refractivity contribution is 7.27. The van der Waals surface area contributed by atoms with Crippen LogP contribution in [-0.4, -0.2) is 0 Å². The molecule has 0 aliphatic rings. The van der Waals surface area contributed by atoms with Crippen molar-refractivity contribution in [2.75, 3.05) is 4.90 Å². The van der Waals surface area contributed by atoms with Crippen LogP contribution >= 0.6 is 11.3 Å². The molecule has 11 rings (SSSR count). The van der Waals surface area contributed by atoms with Crippen LogP contribution in [0, 0.1) is 0 Å². The summed E-state index contributed by atoms with van der Waals surface area (Å²) in [6.07, 6.45) is 0. The molecule has 2 heterocycles. The first kappa shape index (κ1) is 33.2. The van der Waals surface area contributed by atoms with Gasteiger partial charge in [0, 0.05) is 37.6 Å². The number of furan rings is 1. The van der Waals surface area contributed by atoms with Crippen molar-refractivity contribution in [3.63, 3.8) is 0 Å². The molecule has 3 heteroatoms. The van der Waals surface area contributed by atoms with Crippen LogP contribution < -0.4 is 4.90 Å². The van der Waals surface area contributed by atoms with Crippen molar-refractivity contribution in [2.24, 2.45) is 0 Å². The second-order valence-corrected chi connectivity index (χ2v) is 15.5. The molecule has 0 aliphatic carbocycles. The van der Waals surface area contributed by atoms with Crippen molar-refractivity contribution in [1.29, 1.82) is 0 Å². The van der Waals surface area contributed by atoms with Crippen LogP contribution in [0.15, 0.2) is 217 Å². The van der Waals surface area contributed by atoms with Crippen molar-refractivity contribution < 1.29 is 4.42 Å². The van der Waals surface area contributed by atoms with E-state index in [4.69, 9.17) is 4.42 Å². The second kappa shape index (κ2) is 13.8. The van der Waals surface area contributed by atoms with E-state index >= 15 is 0 Å². The van der Waals surface area contributed by atoms with Crippen molar-refractivity contribution >= 4 is 70.5 Å². The van der Waals surface area contributed by atoms with E-state index in [1.807, 2.05) is 23.5 Å². The number of benzene rings is 9. The number of hydrogen-bond acceptors (Lipinski definition) is 3. The van der Waals surface area contributed by atoms with Gasteiger partial charge in [0.25, 0.3) is 0 Å². The molecule has 268 valence electrons. The maximum atomic E-state index is 6.08. The van der Waals surface area contributed by atoms with Crippen molar-refractivity contribution in [2.45, 2.75) is 0 Å². The minimum Gasteiger partial charge on any atom is -0.456 e. The third-order valence-electron chi connectivity index (χ3n) is 11.1. The van der Waals surface area contributed by atoms with Crippen LogP contribution in [-0.2, 0) is 0 Å². The largest absolute Gasteiger partial charge is 0.456 e. The van der Waals surface area contributed by atoms with E-state index < -0.39 is 0 Å². The molecule has 2 nitrogen and oxygen atoms in total. The Balaban J connectivity index is 0.983. The molecule has 0 amide bonds. The number of thiophene rings is 1. The van der Waals surface area contributed by atoms with E-state index in [-0.39, 0.29) is 0 Å². The van der Waals surface area contributed by atoms with Crippen molar-refractivity contribution in [3.8, 4) is 44.5 Å². The van der Waals surface area contributed by atoms with Gasteiger partial charge in [0.05, 0.1) is 10.4 Å². The predicted molar refractivity (Wildman–Crippen MR) is 243 cm³/mol. The van der Waals surface area contributed by atoms with Crippen LogP contribution in [0.5, 0.6) is 0 Å². The summed E-state index contributed by atoms with van der Waals surface area (Å²) in [6.45, 7) is 0. The Kier molecular flexibility index (Phi) is 8.04. The van der Waals surface area contributed by atoms with E-state index in [9.17, 15) is 0 Å². The van der Waals surface area contributed by atoms with Crippen LogP contribution in [0.25, 0.3) is 86.6 Å². The molecular weight excluding hydrogens is 711 g/mol. The number of rotatable bonds is 7. The molecule has 0 spiro atoms. The Labute approximate surface area is 335 Å². The highest BCUT2D eigenvalue weighted by atomic mass is 32.1. The average Bonchev–Trinajstić information content (AvgIpc) is 3.86. The molecule has 0 saturated heterocycles. The molecule has 0 aliphatic heterocycles. The normalized spacial score (nSPS) is 11.5. The first-order chi connectivity index (χ1) is 28.2. The maximum absolute atomic E-state index is 6.08. The standard InChI is InChI=1S/C54H35NOS/c1-3-11-36(12-4-1)38-25-30-43(31-26-38)55(50-19-10-18-48-47-17-9-16-45(53(47)57-54(48)50)41-13-5-2-6-14-41)44-32-27-39(28-33-44)37-21-23-40(24-22-37)42-29-34-52-49(35-42)46-15-7-8-20-51(46)56-52/h1-35H. The van der Waals surface area contributed by atoms with Gasteiger partial charge >= 0.3 is 0 Å². The average molecular weight is 746 g/mol. The second-order valence-electron chi connectivity index (χ2n) is 14.5. The molecule has 0 unspecified atom stereocenters. The van der Waals surface area contributed by atoms with Gasteiger partial charge in [0.1, 0.15) is 11.2 Å². The van der Waals surface area contributed by atoms with Crippen LogP contribution in [0.4, 0.5) is 17.1 Å². The molecule has 9 aromatic carbocycles. The number of hydrogen-bond donors (Lipinski definition) is 0. The van der Waals surface area contributed by atoms with Gasteiger partial charge in [-0.1, -0.05) is 164 Å². The van der Waals surface area contributed by atoms with Gasteiger partial charge in [-0.25, -0.2) is 0 Å². The Hall–Kier alpha value is -7.20. The summed E-state index contributed by atoms with van der Waals surface area (Å²) in [5.74, 6) is 0. The van der Waals surface area contributed by atoms with Crippen molar-refractivity contribution in [3.05, 3.63) is 212 Å². The molecule has 57 heavy (non-hydrogen) atoms. The molecular formula is C54H35NOS. The summed E-state index contributed by atoms with van der Waals surface area (Å²) in [7, 11) is 0. The van der Waals surface area contributed by atoms with E-state index in [0.717, 1.165) is 33.3 Å². The lowest BCUT2D eigenvalue weighted by atomic mass is 9.99. The molecule has 0 radical (unpaired) electrons. The lowest BCUT2D eigenvalue weighted by Crippen LogP contribution is -2.10. The quantitative estimate of drug-likeness (QED) is 0.162. The summed E-state index contributed by atoms with van der Waals surface area (Å²) < 4.78 is 8.66. The van der Waals surface area contributed by atoms with E-state index in [2.05, 4.69) is 205 Å². The molecule has 11 aromatic rings. The minimum absolute atomic E-state index is 0.915. The van der Waals surface area contributed by atoms with Crippen molar-refractivity contribution in [1.82, 2.24) is 0 Å². The lowest BCUT2D eigenvalue weighted by molar-refractivity contribution is 0.669. The lowest BCUT2D eigenvalue weighted by Gasteiger charge is -2.26. The van der Waals surface area contributed by atoms with Gasteiger partial charge in [-0.3, -0.25) is 0 Å². The molecule has 0 bridgehead atoms. The van der Waals surface area contributed by atoms with Gasteiger partial charge < -0.3 is 9.32 Å². The van der Waals surface area contributed by atoms with Gasteiger partial charge in [-0.2, -0.15) is 0 Å². The van der Waals surface area contributed by atoms with E-state index in [1.54, 1.807) is 0 Å². The molecule has 0 atom stereocenters. The van der Waals surface area contributed by atoms with Crippen LogP contribution in [0.3, 0.4) is 0 Å². The smallest absolute Gasteiger partial charge is 0.135 e. The fraction of sp³-hybridized carbons (Fsp3) is 0. The van der Waals surface area contributed by atoms with Crippen LogP contribution in [0.2, 0.25) is 0 Å². The summed E-state index contributed by atoms with van der Waals surface area (Å²) in [5, 5.41) is 4.85. The predicted octanol–water partition coefficient (Wildman–Crippen LogP) is 16.1. The Morgan fingerprint density at radius 1 is 0.316 bits per heavy atom. The number of fused-ring (bicyclic) bond motifs is 6. The van der Waals surface area contributed by atoms with Gasteiger partial charge in [0.2, 0.25) is 0 Å². The monoisotopic (exact) mass is 745 g/mol. The Bertz CT molecular complexity index is 3200. The van der Waals surface area contributed by atoms with Crippen LogP contribution in [0.1, 0.15) is 0 Å². The topological polar surface area (TPSA) is 16.4 Å². The summed E-state index contributed by atoms with van der Waals surface area (Å²) in [4.78, 5) is 2.41. The summed E-state index contributed by atoms with van der Waals surface area (Å²) in [6, 6.07) is 76.4. The third kappa shape index (κ3) is 5.88. The number of para-hydroxylation sites is 1. The first-order valence-corrected chi connectivity index (χ1v) is 20.1. The van der Waals surface area contributed by atoms with E-state index in [1.165, 1.54) is 70.4 Å². The zero-order valence-electron chi connectivity index (χ0n) is 31.0. The molecule has 0 N–H and O–H groups in total. The Morgan fingerprint density at radius 3 is 1.46 bits per heavy atom. The first-order valence-electron chi connectivity index (χ1n) is 19.3. The fourth-order valence-corrected chi connectivity index (χ4v) is 9.59. The van der Waals surface area contributed by atoms with E-state index in [0.29, 0.717) is 0 Å². The zero-order valence-corrected chi connectivity index (χ0v) is 31.8. The molecule has 2 aromatic heterocycles. The Morgan fingerprint density at radius 2 is 0.789 bits per heavy atom. The summed E-state index contributed by atoms with van der Waals surface area (Å²) in [5.41, 5.74) is 14.8. The third-order valence-corrected chi connectivity index (χ3v) is 12.4. The highest BCUT2D eigenvalue weighted by Gasteiger charge is 2.20. The molecule has 0 saturated carbocycles. The van der Waals surface area contributed by atoms with Gasteiger partial charge in [-0.05, 0) is 93.0 Å². The maximum Gasteiger partial charge on any atom is 0.135 e. The zero-order chi connectivity index (χ0) is 37.7. The fourth-order valence-electron chi connectivity index (χ4n) is 8.25. The SMILES string of the molecule is c1ccc(-c2ccc(N(c3ccc(-c4ccc(-c5ccc6oc7ccccc7c6c5)cc4)cc3)c3cccc4c3sc3c(-c5ccccc5)cccc34)cc2)cc1. The number of anilines is 3. The van der Waals surface area contributed by atoms with Gasteiger partial charge in [0.15, 0.2) is 0 Å². The number of nitrogens with zero attached hydrogens (tertiary/aromatic N) is 1. The molecule has 0 fully saturated rings. The highest BCUT2D eigenvalue weighted by Crippen LogP contribution is 2.47. The summed E-state index contributed by atoms with van der Waals surface area (Å²) >= 11 is 1.88. The minimum atomic E-state index is 0.915.